The Morgan fingerprint density at radius 1 is 0.897 bits per heavy atom. The molecule has 0 heterocycles. The lowest BCUT2D eigenvalue weighted by Crippen LogP contribution is -2.39. The van der Waals surface area contributed by atoms with Gasteiger partial charge >= 0.3 is 0 Å². The minimum atomic E-state index is 0.366. The summed E-state index contributed by atoms with van der Waals surface area (Å²) in [6, 6.07) is 28.4. The number of benzene rings is 3. The van der Waals surface area contributed by atoms with Crippen molar-refractivity contribution in [3.05, 3.63) is 101 Å². The van der Waals surface area contributed by atoms with Crippen molar-refractivity contribution < 1.29 is 5.11 Å². The Balaban J connectivity index is 1.77. The van der Waals surface area contributed by atoms with E-state index in [1.807, 2.05) is 12.1 Å². The van der Waals surface area contributed by atoms with Crippen molar-refractivity contribution in [3.63, 3.8) is 0 Å². The molecule has 0 bridgehead atoms. The Kier molecular flexibility index (Phi) is 10.7. The van der Waals surface area contributed by atoms with Gasteiger partial charge in [-0.15, -0.1) is 0 Å². The second-order valence-corrected chi connectivity index (χ2v) is 12.2. The van der Waals surface area contributed by atoms with Gasteiger partial charge < -0.3 is 10.8 Å². The van der Waals surface area contributed by atoms with Crippen molar-refractivity contribution in [1.29, 1.82) is 0 Å². The number of aromatic hydroxyl groups is 1. The van der Waals surface area contributed by atoms with Crippen molar-refractivity contribution >= 4 is 0 Å². The van der Waals surface area contributed by atoms with E-state index in [2.05, 4.69) is 88.4 Å². The van der Waals surface area contributed by atoms with Crippen LogP contribution in [0.3, 0.4) is 0 Å². The molecule has 7 atom stereocenters. The number of fused-ring (bicyclic) bond motifs is 1. The molecular formula is C37H51NO. The highest BCUT2D eigenvalue weighted by atomic mass is 16.3. The van der Waals surface area contributed by atoms with Crippen molar-refractivity contribution in [2.45, 2.75) is 84.5 Å². The van der Waals surface area contributed by atoms with Gasteiger partial charge in [-0.25, -0.2) is 0 Å². The van der Waals surface area contributed by atoms with Gasteiger partial charge in [-0.2, -0.15) is 0 Å². The molecule has 0 aliphatic heterocycles. The molecule has 2 nitrogen and oxygen atoms in total. The van der Waals surface area contributed by atoms with Crippen LogP contribution in [0.2, 0.25) is 0 Å². The van der Waals surface area contributed by atoms with Crippen LogP contribution in [0.5, 0.6) is 5.75 Å². The highest BCUT2D eigenvalue weighted by Gasteiger charge is 2.44. The Labute approximate surface area is 238 Å². The first-order valence-electron chi connectivity index (χ1n) is 15.6. The van der Waals surface area contributed by atoms with E-state index in [4.69, 9.17) is 5.73 Å². The van der Waals surface area contributed by atoms with Gasteiger partial charge in [-0.1, -0.05) is 120 Å². The SMILES string of the molecule is CCCCC(Cc1cccc(O)c1)C(c1ccccc1)C(CC)C(CN)C1Cc2ccccc2C1C(C)CC. The number of phenolic OH excluding ortho intramolecular Hbond substituents is 1. The maximum atomic E-state index is 10.3. The molecule has 0 fully saturated rings. The topological polar surface area (TPSA) is 46.2 Å². The summed E-state index contributed by atoms with van der Waals surface area (Å²) in [5.74, 6) is 4.05. The lowest BCUT2D eigenvalue weighted by Gasteiger charge is -2.43. The van der Waals surface area contributed by atoms with E-state index in [1.54, 1.807) is 17.2 Å². The number of hydrogen-bond donors (Lipinski definition) is 2. The second kappa shape index (κ2) is 14.2. The third-order valence-corrected chi connectivity index (χ3v) is 9.92. The maximum absolute atomic E-state index is 10.3. The molecule has 7 unspecified atom stereocenters. The average Bonchev–Trinajstić information content (AvgIpc) is 3.34. The molecule has 4 rings (SSSR count). The normalized spacial score (nSPS) is 20.6. The minimum absolute atomic E-state index is 0.366. The molecule has 0 saturated heterocycles. The van der Waals surface area contributed by atoms with Crippen LogP contribution < -0.4 is 5.73 Å². The molecule has 3 aromatic carbocycles. The second-order valence-electron chi connectivity index (χ2n) is 12.2. The van der Waals surface area contributed by atoms with Gasteiger partial charge in [0, 0.05) is 0 Å². The van der Waals surface area contributed by atoms with Gasteiger partial charge in [0.25, 0.3) is 0 Å². The van der Waals surface area contributed by atoms with Crippen molar-refractivity contribution in [2.24, 2.45) is 35.3 Å². The standard InChI is InChI=1S/C37H51NO/c1-5-8-16-30(22-27-15-14-20-31(39)23-27)37(28-17-10-9-11-18-28)32(7-3)35(25-38)34-24-29-19-12-13-21-33(29)36(34)26(4)6-2/h9-15,17-21,23,26,30,32,34-37,39H,5-8,16,22,24-25,38H2,1-4H3. The summed E-state index contributed by atoms with van der Waals surface area (Å²) in [5, 5.41) is 10.3. The number of rotatable bonds is 14. The van der Waals surface area contributed by atoms with Gasteiger partial charge in [0.15, 0.2) is 0 Å². The van der Waals surface area contributed by atoms with Crippen molar-refractivity contribution in [2.75, 3.05) is 6.54 Å². The number of nitrogens with two attached hydrogens (primary N) is 1. The van der Waals surface area contributed by atoms with E-state index in [9.17, 15) is 5.11 Å². The summed E-state index contributed by atoms with van der Waals surface area (Å²) >= 11 is 0. The molecule has 0 amide bonds. The zero-order valence-electron chi connectivity index (χ0n) is 24.7. The average molecular weight is 526 g/mol. The molecule has 0 saturated carbocycles. The van der Waals surface area contributed by atoms with E-state index in [0.717, 1.165) is 25.8 Å². The van der Waals surface area contributed by atoms with Crippen LogP contribution in [0.1, 0.15) is 93.9 Å². The Morgan fingerprint density at radius 3 is 2.31 bits per heavy atom. The summed E-state index contributed by atoms with van der Waals surface area (Å²) in [7, 11) is 0. The van der Waals surface area contributed by atoms with Gasteiger partial charge in [-0.3, -0.25) is 0 Å². The molecule has 3 N–H and O–H groups in total. The largest absolute Gasteiger partial charge is 0.508 e. The van der Waals surface area contributed by atoms with Crippen LogP contribution in [0.4, 0.5) is 0 Å². The fraction of sp³-hybridized carbons (Fsp3) is 0.514. The molecule has 1 aliphatic rings. The van der Waals surface area contributed by atoms with Gasteiger partial charge in [0.2, 0.25) is 0 Å². The van der Waals surface area contributed by atoms with Crippen LogP contribution in [0.25, 0.3) is 0 Å². The quantitative estimate of drug-likeness (QED) is 0.220. The molecule has 210 valence electrons. The summed E-state index contributed by atoms with van der Waals surface area (Å²) in [5.41, 5.74) is 12.6. The monoisotopic (exact) mass is 525 g/mol. The van der Waals surface area contributed by atoms with Crippen LogP contribution in [0, 0.1) is 29.6 Å². The molecular weight excluding hydrogens is 474 g/mol. The minimum Gasteiger partial charge on any atom is -0.508 e. The third kappa shape index (κ3) is 6.77. The van der Waals surface area contributed by atoms with Crippen LogP contribution in [0.15, 0.2) is 78.9 Å². The van der Waals surface area contributed by atoms with Gasteiger partial charge in [-0.05, 0) is 102 Å². The smallest absolute Gasteiger partial charge is 0.115 e. The van der Waals surface area contributed by atoms with E-state index in [1.165, 1.54) is 36.8 Å². The Hall–Kier alpha value is -2.58. The first kappa shape index (κ1) is 29.4. The Bertz CT molecular complexity index is 1140. The van der Waals surface area contributed by atoms with Crippen LogP contribution >= 0.6 is 0 Å². The molecule has 3 aromatic rings. The fourth-order valence-corrected chi connectivity index (χ4v) is 7.95. The number of unbranched alkanes of at least 4 members (excludes halogenated alkanes) is 1. The molecule has 0 spiro atoms. The highest BCUT2D eigenvalue weighted by Crippen LogP contribution is 2.52. The van der Waals surface area contributed by atoms with E-state index >= 15 is 0 Å². The zero-order valence-corrected chi connectivity index (χ0v) is 24.7. The van der Waals surface area contributed by atoms with Crippen LogP contribution in [-0.2, 0) is 12.8 Å². The lowest BCUT2D eigenvalue weighted by atomic mass is 9.62. The summed E-state index contributed by atoms with van der Waals surface area (Å²) in [6.45, 7) is 10.2. The zero-order chi connectivity index (χ0) is 27.8. The predicted molar refractivity (Wildman–Crippen MR) is 166 cm³/mol. The first-order chi connectivity index (χ1) is 19.0. The van der Waals surface area contributed by atoms with Crippen LogP contribution in [-0.4, -0.2) is 11.7 Å². The molecule has 0 radical (unpaired) electrons. The lowest BCUT2D eigenvalue weighted by molar-refractivity contribution is 0.131. The predicted octanol–water partition coefficient (Wildman–Crippen LogP) is 9.13. The molecule has 39 heavy (non-hydrogen) atoms. The van der Waals surface area contributed by atoms with Crippen molar-refractivity contribution in [3.8, 4) is 5.75 Å². The summed E-state index contributed by atoms with van der Waals surface area (Å²) in [6.07, 6.45) is 8.08. The molecule has 2 heteroatoms. The van der Waals surface area contributed by atoms with E-state index < -0.39 is 0 Å². The molecule has 0 aromatic heterocycles. The number of hydrogen-bond acceptors (Lipinski definition) is 2. The third-order valence-electron chi connectivity index (χ3n) is 9.92. The summed E-state index contributed by atoms with van der Waals surface area (Å²) in [4.78, 5) is 0. The summed E-state index contributed by atoms with van der Waals surface area (Å²) < 4.78 is 0. The fourth-order valence-electron chi connectivity index (χ4n) is 7.95. The van der Waals surface area contributed by atoms with Gasteiger partial charge in [0.1, 0.15) is 5.75 Å². The maximum Gasteiger partial charge on any atom is 0.115 e. The van der Waals surface area contributed by atoms with Crippen molar-refractivity contribution in [1.82, 2.24) is 0 Å². The van der Waals surface area contributed by atoms with E-state index in [-0.39, 0.29) is 0 Å². The van der Waals surface area contributed by atoms with E-state index in [0.29, 0.717) is 47.2 Å². The van der Waals surface area contributed by atoms with Gasteiger partial charge in [0.05, 0.1) is 0 Å². The number of phenols is 1. The molecule has 1 aliphatic carbocycles. The highest BCUT2D eigenvalue weighted by molar-refractivity contribution is 5.37. The first-order valence-corrected chi connectivity index (χ1v) is 15.6. The Morgan fingerprint density at radius 2 is 1.64 bits per heavy atom.